The summed E-state index contributed by atoms with van der Waals surface area (Å²) in [5.74, 6) is -0.358. The second-order valence-corrected chi connectivity index (χ2v) is 8.09. The maximum Gasteiger partial charge on any atom is 0.229 e. The average Bonchev–Trinajstić information content (AvgIpc) is 2.64. The molecule has 1 amide bonds. The van der Waals surface area contributed by atoms with Crippen molar-refractivity contribution in [2.24, 2.45) is 5.41 Å². The summed E-state index contributed by atoms with van der Waals surface area (Å²) >= 11 is 0. The number of halogens is 1. The van der Waals surface area contributed by atoms with Gasteiger partial charge in [-0.05, 0) is 35.8 Å². The lowest BCUT2D eigenvalue weighted by Gasteiger charge is -2.27. The topological polar surface area (TPSA) is 32.3 Å². The lowest BCUT2D eigenvalue weighted by atomic mass is 9.94. The SMILES string of the molecule is CC(C)(C)C(=O)Nc1ccc(F)cc1C1=CCN(Cc2ccccc2)CC1. The van der Waals surface area contributed by atoms with Crippen LogP contribution < -0.4 is 5.32 Å². The first-order valence-electron chi connectivity index (χ1n) is 9.39. The largest absolute Gasteiger partial charge is 0.325 e. The van der Waals surface area contributed by atoms with Gasteiger partial charge in [0.15, 0.2) is 0 Å². The van der Waals surface area contributed by atoms with Crippen molar-refractivity contribution in [2.75, 3.05) is 18.4 Å². The van der Waals surface area contributed by atoms with Crippen LogP contribution in [0.4, 0.5) is 10.1 Å². The van der Waals surface area contributed by atoms with E-state index < -0.39 is 5.41 Å². The predicted octanol–water partition coefficient (Wildman–Crippen LogP) is 5.10. The van der Waals surface area contributed by atoms with Gasteiger partial charge in [0.1, 0.15) is 5.82 Å². The van der Waals surface area contributed by atoms with Crippen LogP contribution >= 0.6 is 0 Å². The predicted molar refractivity (Wildman–Crippen MR) is 109 cm³/mol. The minimum absolute atomic E-state index is 0.0718. The van der Waals surface area contributed by atoms with Crippen LogP contribution in [0.1, 0.15) is 38.3 Å². The fourth-order valence-corrected chi connectivity index (χ4v) is 3.14. The molecule has 0 spiro atoms. The summed E-state index contributed by atoms with van der Waals surface area (Å²) in [6, 6.07) is 15.0. The minimum atomic E-state index is -0.501. The van der Waals surface area contributed by atoms with Gasteiger partial charge in [0.05, 0.1) is 0 Å². The molecule has 0 aromatic heterocycles. The van der Waals surface area contributed by atoms with Gasteiger partial charge in [0, 0.05) is 36.3 Å². The molecule has 3 rings (SSSR count). The van der Waals surface area contributed by atoms with Gasteiger partial charge in [0.25, 0.3) is 0 Å². The molecule has 0 bridgehead atoms. The van der Waals surface area contributed by atoms with Gasteiger partial charge in [-0.1, -0.05) is 57.2 Å². The molecule has 1 heterocycles. The number of rotatable bonds is 4. The molecular formula is C23H27FN2O. The van der Waals surface area contributed by atoms with E-state index >= 15 is 0 Å². The number of benzene rings is 2. The number of hydrogen-bond acceptors (Lipinski definition) is 2. The molecule has 0 aliphatic carbocycles. The van der Waals surface area contributed by atoms with E-state index in [4.69, 9.17) is 0 Å². The number of amides is 1. The summed E-state index contributed by atoms with van der Waals surface area (Å²) in [4.78, 5) is 14.7. The highest BCUT2D eigenvalue weighted by molar-refractivity contribution is 5.97. The first-order valence-corrected chi connectivity index (χ1v) is 9.39. The second kappa shape index (κ2) is 8.05. The Morgan fingerprint density at radius 1 is 1.15 bits per heavy atom. The number of carbonyl (C=O) groups excluding carboxylic acids is 1. The maximum atomic E-state index is 13.9. The Morgan fingerprint density at radius 3 is 2.52 bits per heavy atom. The second-order valence-electron chi connectivity index (χ2n) is 8.09. The summed E-state index contributed by atoms with van der Waals surface area (Å²) in [5.41, 5.74) is 3.34. The van der Waals surface area contributed by atoms with Crippen LogP contribution in [-0.4, -0.2) is 23.9 Å². The van der Waals surface area contributed by atoms with Gasteiger partial charge in [-0.3, -0.25) is 9.69 Å². The number of carbonyl (C=O) groups is 1. The molecule has 3 nitrogen and oxygen atoms in total. The smallest absolute Gasteiger partial charge is 0.229 e. The van der Waals surface area contributed by atoms with Crippen molar-refractivity contribution in [3.05, 3.63) is 71.6 Å². The molecule has 1 aliphatic heterocycles. The van der Waals surface area contributed by atoms with Crippen LogP contribution in [0.15, 0.2) is 54.6 Å². The zero-order valence-electron chi connectivity index (χ0n) is 16.3. The zero-order chi connectivity index (χ0) is 19.4. The molecular weight excluding hydrogens is 339 g/mol. The molecule has 0 radical (unpaired) electrons. The monoisotopic (exact) mass is 366 g/mol. The Morgan fingerprint density at radius 2 is 1.89 bits per heavy atom. The van der Waals surface area contributed by atoms with Crippen molar-refractivity contribution in [1.29, 1.82) is 0 Å². The van der Waals surface area contributed by atoms with E-state index in [1.807, 2.05) is 26.8 Å². The van der Waals surface area contributed by atoms with E-state index in [2.05, 4.69) is 40.6 Å². The Balaban J connectivity index is 1.76. The molecule has 4 heteroatoms. The number of hydrogen-bond donors (Lipinski definition) is 1. The summed E-state index contributed by atoms with van der Waals surface area (Å²) in [5, 5.41) is 2.97. The standard InChI is InChI=1S/C23H27FN2O/c1-23(2,3)22(27)25-21-10-9-19(24)15-20(21)18-11-13-26(14-12-18)16-17-7-5-4-6-8-17/h4-11,15H,12-14,16H2,1-3H3,(H,25,27). The van der Waals surface area contributed by atoms with Gasteiger partial charge in [-0.15, -0.1) is 0 Å². The van der Waals surface area contributed by atoms with Crippen LogP contribution in [0.2, 0.25) is 0 Å². The van der Waals surface area contributed by atoms with Gasteiger partial charge >= 0.3 is 0 Å². The number of nitrogens with one attached hydrogen (secondary N) is 1. The van der Waals surface area contributed by atoms with Gasteiger partial charge in [-0.2, -0.15) is 0 Å². The Kier molecular flexibility index (Phi) is 5.76. The highest BCUT2D eigenvalue weighted by Crippen LogP contribution is 2.31. The number of nitrogens with zero attached hydrogens (tertiary/aromatic N) is 1. The van der Waals surface area contributed by atoms with Crippen LogP contribution in [0, 0.1) is 11.2 Å². The lowest BCUT2D eigenvalue weighted by molar-refractivity contribution is -0.123. The third-order valence-corrected chi connectivity index (χ3v) is 4.80. The van der Waals surface area contributed by atoms with Crippen molar-refractivity contribution < 1.29 is 9.18 Å². The highest BCUT2D eigenvalue weighted by Gasteiger charge is 2.23. The molecule has 1 N–H and O–H groups in total. The lowest BCUT2D eigenvalue weighted by Crippen LogP contribution is -2.29. The normalized spacial score (nSPS) is 15.3. The molecule has 1 aliphatic rings. The summed E-state index contributed by atoms with van der Waals surface area (Å²) in [6.45, 7) is 8.23. The molecule has 142 valence electrons. The fourth-order valence-electron chi connectivity index (χ4n) is 3.14. The molecule has 2 aromatic rings. The van der Waals surface area contributed by atoms with Crippen LogP contribution in [-0.2, 0) is 11.3 Å². The van der Waals surface area contributed by atoms with Crippen molar-refractivity contribution in [3.63, 3.8) is 0 Å². The number of anilines is 1. The van der Waals surface area contributed by atoms with E-state index in [1.165, 1.54) is 17.7 Å². The van der Waals surface area contributed by atoms with E-state index in [-0.39, 0.29) is 11.7 Å². The first kappa shape index (κ1) is 19.3. The van der Waals surface area contributed by atoms with Crippen molar-refractivity contribution >= 4 is 17.2 Å². The van der Waals surface area contributed by atoms with E-state index in [0.717, 1.165) is 37.2 Å². The summed E-state index contributed by atoms with van der Waals surface area (Å²) < 4.78 is 13.9. The van der Waals surface area contributed by atoms with E-state index in [0.29, 0.717) is 5.69 Å². The van der Waals surface area contributed by atoms with E-state index in [1.54, 1.807) is 6.07 Å². The Hall–Kier alpha value is -2.46. The maximum absolute atomic E-state index is 13.9. The molecule has 0 fully saturated rings. The van der Waals surface area contributed by atoms with Crippen LogP contribution in [0.3, 0.4) is 0 Å². The molecule has 0 unspecified atom stereocenters. The molecule has 2 aromatic carbocycles. The molecule has 0 saturated carbocycles. The Labute approximate surface area is 160 Å². The van der Waals surface area contributed by atoms with Crippen molar-refractivity contribution in [2.45, 2.75) is 33.7 Å². The summed E-state index contributed by atoms with van der Waals surface area (Å²) in [6.07, 6.45) is 2.97. The fraction of sp³-hybridized carbons (Fsp3) is 0.348. The third-order valence-electron chi connectivity index (χ3n) is 4.80. The zero-order valence-corrected chi connectivity index (χ0v) is 16.3. The molecule has 0 saturated heterocycles. The Bertz CT molecular complexity index is 837. The van der Waals surface area contributed by atoms with Gasteiger partial charge in [0.2, 0.25) is 5.91 Å². The van der Waals surface area contributed by atoms with Crippen LogP contribution in [0.5, 0.6) is 0 Å². The van der Waals surface area contributed by atoms with E-state index in [9.17, 15) is 9.18 Å². The third kappa shape index (κ3) is 5.04. The van der Waals surface area contributed by atoms with Crippen LogP contribution in [0.25, 0.3) is 5.57 Å². The van der Waals surface area contributed by atoms with Gasteiger partial charge < -0.3 is 5.32 Å². The van der Waals surface area contributed by atoms with Crippen molar-refractivity contribution in [1.82, 2.24) is 4.90 Å². The highest BCUT2D eigenvalue weighted by atomic mass is 19.1. The van der Waals surface area contributed by atoms with Crippen molar-refractivity contribution in [3.8, 4) is 0 Å². The summed E-state index contributed by atoms with van der Waals surface area (Å²) in [7, 11) is 0. The first-order chi connectivity index (χ1) is 12.8. The molecule has 0 atom stereocenters. The average molecular weight is 366 g/mol. The quantitative estimate of drug-likeness (QED) is 0.816. The minimum Gasteiger partial charge on any atom is -0.325 e. The van der Waals surface area contributed by atoms with Gasteiger partial charge in [-0.25, -0.2) is 4.39 Å². The molecule has 27 heavy (non-hydrogen) atoms.